The zero-order valence-electron chi connectivity index (χ0n) is 7.18. The normalized spacial score (nSPS) is 12.7. The van der Waals surface area contributed by atoms with Crippen LogP contribution in [0.15, 0.2) is 33.7 Å². The molecule has 2 heterocycles. The maximum Gasteiger partial charge on any atom is 0.0261 e. The summed E-state index contributed by atoms with van der Waals surface area (Å²) in [6, 6.07) is 4.10. The maximum absolute atomic E-state index is 4.48. The molecule has 2 aromatic heterocycles. The average Bonchev–Trinajstić information content (AvgIpc) is 2.87. The highest BCUT2D eigenvalue weighted by molar-refractivity contribution is 7.96. The van der Waals surface area contributed by atoms with E-state index in [1.165, 1.54) is 0 Å². The number of thiophene rings is 2. The van der Waals surface area contributed by atoms with E-state index in [0.717, 1.165) is 20.9 Å². The highest BCUT2D eigenvalue weighted by Crippen LogP contribution is 2.33. The summed E-state index contributed by atoms with van der Waals surface area (Å²) in [4.78, 5) is 1.88. The van der Waals surface area contributed by atoms with Gasteiger partial charge in [0.05, 0.1) is 0 Å². The fraction of sp³-hybridized carbons (Fsp3) is 0. The Labute approximate surface area is 102 Å². The van der Waals surface area contributed by atoms with Gasteiger partial charge in [0.1, 0.15) is 0 Å². The molecule has 0 aliphatic rings. The van der Waals surface area contributed by atoms with Gasteiger partial charge in [-0.15, -0.1) is 25.3 Å². The molecule has 4 heteroatoms. The van der Waals surface area contributed by atoms with E-state index in [1.807, 2.05) is 10.8 Å². The third-order valence-electron chi connectivity index (χ3n) is 1.81. The lowest BCUT2D eigenvalue weighted by Gasteiger charge is -2.01. The first kappa shape index (κ1) is 10.4. The molecule has 0 spiro atoms. The van der Waals surface area contributed by atoms with E-state index in [9.17, 15) is 0 Å². The highest BCUT2D eigenvalue weighted by atomic mass is 32.1. The Balaban J connectivity index is 2.41. The Morgan fingerprint density at radius 2 is 1.29 bits per heavy atom. The Kier molecular flexibility index (Phi) is 3.38. The van der Waals surface area contributed by atoms with Crippen molar-refractivity contribution in [1.82, 2.24) is 0 Å². The largest absolute Gasteiger partial charge is 0.152 e. The fourth-order valence-corrected chi connectivity index (χ4v) is 3.08. The van der Waals surface area contributed by atoms with Gasteiger partial charge in [-0.25, -0.2) is 0 Å². The average molecular weight is 256 g/mol. The minimum absolute atomic E-state index is 0.938. The fourth-order valence-electron chi connectivity index (χ4n) is 1.07. The van der Waals surface area contributed by atoms with E-state index in [1.54, 1.807) is 22.7 Å². The number of hydrogen-bond acceptors (Lipinski definition) is 4. The van der Waals surface area contributed by atoms with Crippen LogP contribution in [0.1, 0.15) is 11.1 Å². The van der Waals surface area contributed by atoms with Gasteiger partial charge >= 0.3 is 0 Å². The lowest BCUT2D eigenvalue weighted by Crippen LogP contribution is -1.76. The number of hydrogen-bond donors (Lipinski definition) is 2. The maximum atomic E-state index is 4.48. The smallest absolute Gasteiger partial charge is 0.0261 e. The summed E-state index contributed by atoms with van der Waals surface area (Å²) in [5, 5.41) is 8.23. The van der Waals surface area contributed by atoms with E-state index in [0.29, 0.717) is 0 Å². The highest BCUT2D eigenvalue weighted by Gasteiger charge is 2.05. The van der Waals surface area contributed by atoms with Crippen molar-refractivity contribution >= 4 is 57.7 Å². The molecule has 0 atom stereocenters. The Morgan fingerprint density at radius 1 is 0.857 bits per heavy atom. The second-order valence-electron chi connectivity index (χ2n) is 2.72. The summed E-state index contributed by atoms with van der Waals surface area (Å²) in [7, 11) is 0. The second kappa shape index (κ2) is 4.57. The number of rotatable bonds is 2. The second-order valence-corrected chi connectivity index (χ2v) is 5.18. The van der Waals surface area contributed by atoms with Gasteiger partial charge in [-0.1, -0.05) is 0 Å². The van der Waals surface area contributed by atoms with Crippen LogP contribution in [-0.4, -0.2) is 0 Å². The molecule has 14 heavy (non-hydrogen) atoms. The molecule has 0 aromatic carbocycles. The topological polar surface area (TPSA) is 0 Å². The summed E-state index contributed by atoms with van der Waals surface area (Å²) >= 11 is 12.3. The minimum atomic E-state index is 0.938. The van der Waals surface area contributed by atoms with Crippen molar-refractivity contribution in [2.45, 2.75) is 0 Å². The van der Waals surface area contributed by atoms with Crippen LogP contribution in [-0.2, 0) is 0 Å². The Morgan fingerprint density at radius 3 is 1.57 bits per heavy atom. The quantitative estimate of drug-likeness (QED) is 0.727. The summed E-state index contributed by atoms with van der Waals surface area (Å²) in [6.07, 6.45) is 0. The molecule has 0 nitrogen and oxygen atoms in total. The molecule has 72 valence electrons. The van der Waals surface area contributed by atoms with Gasteiger partial charge in [0.15, 0.2) is 0 Å². The molecule has 0 bridgehead atoms. The first-order chi connectivity index (χ1) is 6.79. The lowest BCUT2D eigenvalue weighted by molar-refractivity contribution is 1.83. The standard InChI is InChI=1S/C10H8S4/c11-9(7-1-3-13-5-7)10(12)8-2-4-14-6-8/h1-6,11-12H/b10-9+. The zero-order valence-corrected chi connectivity index (χ0v) is 10.6. The van der Waals surface area contributed by atoms with Crippen LogP contribution in [0.5, 0.6) is 0 Å². The summed E-state index contributed by atoms with van der Waals surface area (Å²) < 4.78 is 0. The van der Waals surface area contributed by atoms with E-state index in [2.05, 4.69) is 48.2 Å². The first-order valence-electron chi connectivity index (χ1n) is 3.96. The zero-order chi connectivity index (χ0) is 9.97. The predicted octanol–water partition coefficient (Wildman–Crippen LogP) is 4.50. The van der Waals surface area contributed by atoms with E-state index in [-0.39, 0.29) is 0 Å². The van der Waals surface area contributed by atoms with Crippen LogP contribution in [0.2, 0.25) is 0 Å². The molecule has 0 aliphatic heterocycles. The van der Waals surface area contributed by atoms with Gasteiger partial charge in [0.25, 0.3) is 0 Å². The van der Waals surface area contributed by atoms with Crippen LogP contribution >= 0.6 is 47.9 Å². The molecule has 0 radical (unpaired) electrons. The van der Waals surface area contributed by atoms with Crippen molar-refractivity contribution in [2.75, 3.05) is 0 Å². The first-order valence-corrected chi connectivity index (χ1v) is 6.74. The van der Waals surface area contributed by atoms with Crippen LogP contribution in [0, 0.1) is 0 Å². The van der Waals surface area contributed by atoms with Crippen molar-refractivity contribution in [2.24, 2.45) is 0 Å². The third kappa shape index (κ3) is 2.08. The summed E-state index contributed by atoms with van der Waals surface area (Å²) in [6.45, 7) is 0. The minimum Gasteiger partial charge on any atom is -0.152 e. The van der Waals surface area contributed by atoms with Crippen LogP contribution in [0.25, 0.3) is 9.81 Å². The molecular weight excluding hydrogens is 248 g/mol. The lowest BCUT2D eigenvalue weighted by atomic mass is 10.2. The predicted molar refractivity (Wildman–Crippen MR) is 73.4 cm³/mol. The van der Waals surface area contributed by atoms with Crippen molar-refractivity contribution < 1.29 is 0 Å². The van der Waals surface area contributed by atoms with Crippen LogP contribution < -0.4 is 0 Å². The van der Waals surface area contributed by atoms with Gasteiger partial charge < -0.3 is 0 Å². The molecule has 0 aliphatic carbocycles. The molecule has 2 aromatic rings. The molecular formula is C10H8S4. The summed E-state index contributed by atoms with van der Waals surface area (Å²) in [5.41, 5.74) is 2.27. The molecule has 0 saturated carbocycles. The van der Waals surface area contributed by atoms with Gasteiger partial charge in [0, 0.05) is 9.81 Å². The van der Waals surface area contributed by atoms with Crippen molar-refractivity contribution in [3.63, 3.8) is 0 Å². The van der Waals surface area contributed by atoms with Crippen molar-refractivity contribution in [3.8, 4) is 0 Å². The van der Waals surface area contributed by atoms with Gasteiger partial charge in [0.2, 0.25) is 0 Å². The van der Waals surface area contributed by atoms with Crippen molar-refractivity contribution in [3.05, 3.63) is 44.8 Å². The van der Waals surface area contributed by atoms with Crippen LogP contribution in [0.3, 0.4) is 0 Å². The van der Waals surface area contributed by atoms with E-state index >= 15 is 0 Å². The monoisotopic (exact) mass is 256 g/mol. The molecule has 0 fully saturated rings. The third-order valence-corrected chi connectivity index (χ3v) is 4.32. The summed E-state index contributed by atoms with van der Waals surface area (Å²) in [5.74, 6) is 0. The molecule has 0 amide bonds. The Hall–Kier alpha value is -0.160. The Bertz CT molecular complexity index is 380. The van der Waals surface area contributed by atoms with Crippen LogP contribution in [0.4, 0.5) is 0 Å². The molecule has 2 rings (SSSR count). The van der Waals surface area contributed by atoms with Crippen molar-refractivity contribution in [1.29, 1.82) is 0 Å². The molecule has 0 saturated heterocycles. The SMILES string of the molecule is S/C(=C(/S)c1ccsc1)c1ccsc1. The van der Waals surface area contributed by atoms with Gasteiger partial charge in [-0.3, -0.25) is 0 Å². The van der Waals surface area contributed by atoms with Gasteiger partial charge in [-0.05, 0) is 44.8 Å². The van der Waals surface area contributed by atoms with E-state index in [4.69, 9.17) is 0 Å². The van der Waals surface area contributed by atoms with Gasteiger partial charge in [-0.2, -0.15) is 22.7 Å². The van der Waals surface area contributed by atoms with E-state index < -0.39 is 0 Å². The number of thiol groups is 2. The molecule has 0 N–H and O–H groups in total. The molecule has 0 unspecified atom stereocenters.